The minimum atomic E-state index is -1.60. The van der Waals surface area contributed by atoms with Crippen LogP contribution in [0.15, 0.2) is 0 Å². The van der Waals surface area contributed by atoms with Gasteiger partial charge in [-0.2, -0.15) is 0 Å². The molecule has 0 aromatic heterocycles. The molecule has 0 aliphatic heterocycles. The predicted molar refractivity (Wildman–Crippen MR) is 28.6 cm³/mol. The first kappa shape index (κ1) is 7.07. The Kier molecular flexibility index (Phi) is 3.15. The summed E-state index contributed by atoms with van der Waals surface area (Å²) in [6.07, 6.45) is -0.0502. The molecule has 0 aromatic rings. The van der Waals surface area contributed by atoms with Crippen LogP contribution < -0.4 is 5.14 Å². The highest BCUT2D eigenvalue weighted by Crippen LogP contribution is 1.85. The molecule has 1 atom stereocenters. The van der Waals surface area contributed by atoms with Crippen molar-refractivity contribution in [3.63, 3.8) is 0 Å². The van der Waals surface area contributed by atoms with E-state index in [0.717, 1.165) is 0 Å². The Hall–Kier alpha value is 0.0700. The van der Waals surface area contributed by atoms with Gasteiger partial charge in [-0.25, -0.2) is 9.35 Å². The highest BCUT2D eigenvalue weighted by Gasteiger charge is 1.93. The maximum Gasteiger partial charge on any atom is 0.231 e. The minimum Gasteiger partial charge on any atom is -0.276 e. The van der Waals surface area contributed by atoms with E-state index in [0.29, 0.717) is 0 Å². The Labute approximate surface area is 45.6 Å². The van der Waals surface area contributed by atoms with E-state index in [-0.39, 0.29) is 6.10 Å². The summed E-state index contributed by atoms with van der Waals surface area (Å²) in [5, 5.41) is 4.74. The molecule has 0 aliphatic rings. The van der Waals surface area contributed by atoms with Crippen molar-refractivity contribution in [2.75, 3.05) is 0 Å². The molecule has 7 heavy (non-hydrogen) atoms. The SMILES string of the molecule is CC(C)OS(N)=O. The van der Waals surface area contributed by atoms with E-state index in [1.54, 1.807) is 13.8 Å². The molecule has 4 heteroatoms. The van der Waals surface area contributed by atoms with Crippen molar-refractivity contribution < 1.29 is 8.39 Å². The Bertz CT molecular complexity index is 73.3. The predicted octanol–water partition coefficient (Wildman–Crippen LogP) is -0.0512. The molecule has 2 N–H and O–H groups in total. The Morgan fingerprint density at radius 2 is 2.14 bits per heavy atom. The van der Waals surface area contributed by atoms with Gasteiger partial charge in [-0.3, -0.25) is 4.18 Å². The van der Waals surface area contributed by atoms with Gasteiger partial charge in [0.05, 0.1) is 6.10 Å². The molecule has 0 aliphatic carbocycles. The monoisotopic (exact) mass is 123 g/mol. The van der Waals surface area contributed by atoms with Gasteiger partial charge in [0.2, 0.25) is 11.3 Å². The zero-order valence-corrected chi connectivity index (χ0v) is 5.20. The first-order valence-electron chi connectivity index (χ1n) is 1.96. The van der Waals surface area contributed by atoms with Gasteiger partial charge in [0, 0.05) is 0 Å². The van der Waals surface area contributed by atoms with Crippen LogP contribution in [0, 0.1) is 0 Å². The van der Waals surface area contributed by atoms with Gasteiger partial charge in [0.15, 0.2) is 0 Å². The fraction of sp³-hybridized carbons (Fsp3) is 1.00. The molecular weight excluding hydrogens is 114 g/mol. The van der Waals surface area contributed by atoms with Crippen LogP contribution in [0.3, 0.4) is 0 Å². The van der Waals surface area contributed by atoms with Crippen LogP contribution in [-0.2, 0) is 15.4 Å². The third kappa shape index (κ3) is 6.07. The highest BCUT2D eigenvalue weighted by molar-refractivity contribution is 7.77. The average molecular weight is 123 g/mol. The first-order chi connectivity index (χ1) is 3.13. The van der Waals surface area contributed by atoms with Gasteiger partial charge >= 0.3 is 0 Å². The van der Waals surface area contributed by atoms with Crippen molar-refractivity contribution >= 4 is 11.3 Å². The summed E-state index contributed by atoms with van der Waals surface area (Å²) in [7, 11) is 0. The number of hydrogen-bond donors (Lipinski definition) is 1. The van der Waals surface area contributed by atoms with Gasteiger partial charge < -0.3 is 0 Å². The van der Waals surface area contributed by atoms with Crippen LogP contribution in [0.2, 0.25) is 0 Å². The van der Waals surface area contributed by atoms with E-state index in [9.17, 15) is 4.21 Å². The van der Waals surface area contributed by atoms with Gasteiger partial charge in [0.25, 0.3) is 0 Å². The van der Waals surface area contributed by atoms with Gasteiger partial charge in [-0.05, 0) is 13.8 Å². The standard InChI is InChI=1S/C3H9NO2S/c1-3(2)6-7(4)5/h3H,4H2,1-2H3. The topological polar surface area (TPSA) is 52.3 Å². The molecule has 0 fully saturated rings. The summed E-state index contributed by atoms with van der Waals surface area (Å²) < 4.78 is 14.4. The molecular formula is C3H9NO2S. The van der Waals surface area contributed by atoms with E-state index in [1.165, 1.54) is 0 Å². The summed E-state index contributed by atoms with van der Waals surface area (Å²) in [6.45, 7) is 3.54. The normalized spacial score (nSPS) is 14.9. The smallest absolute Gasteiger partial charge is 0.231 e. The molecule has 0 radical (unpaired) electrons. The summed E-state index contributed by atoms with van der Waals surface area (Å²) in [4.78, 5) is 0. The van der Waals surface area contributed by atoms with Crippen molar-refractivity contribution in [2.24, 2.45) is 5.14 Å². The van der Waals surface area contributed by atoms with E-state index in [1.807, 2.05) is 0 Å². The highest BCUT2D eigenvalue weighted by atomic mass is 32.2. The maximum absolute atomic E-state index is 9.92. The molecule has 0 rings (SSSR count). The molecule has 0 spiro atoms. The molecule has 0 amide bonds. The van der Waals surface area contributed by atoms with E-state index >= 15 is 0 Å². The van der Waals surface area contributed by atoms with Gasteiger partial charge in [-0.1, -0.05) is 0 Å². The third-order valence-corrected chi connectivity index (χ3v) is 0.862. The van der Waals surface area contributed by atoms with Crippen molar-refractivity contribution in [3.05, 3.63) is 0 Å². The van der Waals surface area contributed by atoms with Gasteiger partial charge in [0.1, 0.15) is 0 Å². The first-order valence-corrected chi connectivity index (χ1v) is 3.10. The van der Waals surface area contributed by atoms with E-state index in [2.05, 4.69) is 4.18 Å². The van der Waals surface area contributed by atoms with E-state index < -0.39 is 11.3 Å². The Balaban J connectivity index is 3.13. The Morgan fingerprint density at radius 3 is 2.14 bits per heavy atom. The molecule has 3 nitrogen and oxygen atoms in total. The van der Waals surface area contributed by atoms with Crippen LogP contribution in [0.25, 0.3) is 0 Å². The second-order valence-electron chi connectivity index (χ2n) is 1.41. The van der Waals surface area contributed by atoms with Crippen LogP contribution in [0.1, 0.15) is 13.8 Å². The lowest BCUT2D eigenvalue weighted by atomic mass is 10.5. The zero-order valence-electron chi connectivity index (χ0n) is 4.38. The van der Waals surface area contributed by atoms with Crippen molar-refractivity contribution in [2.45, 2.75) is 20.0 Å². The lowest BCUT2D eigenvalue weighted by Gasteiger charge is -1.98. The molecule has 0 saturated carbocycles. The third-order valence-electron chi connectivity index (χ3n) is 0.287. The fourth-order valence-electron chi connectivity index (χ4n) is 0.190. The molecule has 1 unspecified atom stereocenters. The second kappa shape index (κ2) is 3.12. The lowest BCUT2D eigenvalue weighted by molar-refractivity contribution is 0.270. The van der Waals surface area contributed by atoms with Gasteiger partial charge in [-0.15, -0.1) is 0 Å². The summed E-state index contributed by atoms with van der Waals surface area (Å²) in [5.74, 6) is 0. The van der Waals surface area contributed by atoms with Crippen LogP contribution in [-0.4, -0.2) is 10.3 Å². The van der Waals surface area contributed by atoms with E-state index in [4.69, 9.17) is 5.14 Å². The molecule has 44 valence electrons. The van der Waals surface area contributed by atoms with Crippen LogP contribution >= 0.6 is 0 Å². The van der Waals surface area contributed by atoms with Crippen molar-refractivity contribution in [1.82, 2.24) is 0 Å². The van der Waals surface area contributed by atoms with Crippen molar-refractivity contribution in [1.29, 1.82) is 0 Å². The largest absolute Gasteiger partial charge is 0.276 e. The number of rotatable bonds is 2. The summed E-state index contributed by atoms with van der Waals surface area (Å²) in [6, 6.07) is 0. The average Bonchev–Trinajstić information content (AvgIpc) is 1.27. The maximum atomic E-state index is 9.92. The zero-order chi connectivity index (χ0) is 5.86. The lowest BCUT2D eigenvalue weighted by Crippen LogP contribution is -2.12. The summed E-state index contributed by atoms with van der Waals surface area (Å²) in [5.41, 5.74) is 0. The Morgan fingerprint density at radius 1 is 1.71 bits per heavy atom. The molecule has 0 bridgehead atoms. The summed E-state index contributed by atoms with van der Waals surface area (Å²) >= 11 is -1.60. The van der Waals surface area contributed by atoms with Crippen LogP contribution in [0.4, 0.5) is 0 Å². The second-order valence-corrected chi connectivity index (χ2v) is 2.12. The number of hydrogen-bond acceptors (Lipinski definition) is 2. The number of nitrogens with two attached hydrogens (primary N) is 1. The van der Waals surface area contributed by atoms with Crippen molar-refractivity contribution in [3.8, 4) is 0 Å². The molecule has 0 aromatic carbocycles. The van der Waals surface area contributed by atoms with Crippen LogP contribution in [0.5, 0.6) is 0 Å². The fourth-order valence-corrected chi connectivity index (χ4v) is 0.569. The molecule has 0 saturated heterocycles. The quantitative estimate of drug-likeness (QED) is 0.559. The minimum absolute atomic E-state index is 0.0502. The molecule has 0 heterocycles.